The van der Waals surface area contributed by atoms with E-state index in [1.165, 1.54) is 6.08 Å². The summed E-state index contributed by atoms with van der Waals surface area (Å²) in [5, 5.41) is 9.13. The highest BCUT2D eigenvalue weighted by Crippen LogP contribution is 2.36. The molecule has 0 radical (unpaired) electrons. The van der Waals surface area contributed by atoms with Crippen molar-refractivity contribution in [2.75, 3.05) is 0 Å². The molecule has 0 saturated heterocycles. The van der Waals surface area contributed by atoms with Crippen molar-refractivity contribution in [1.29, 1.82) is 0 Å². The monoisotopic (exact) mass is 348 g/mol. The number of cyclic esters (lactones) is 1. The summed E-state index contributed by atoms with van der Waals surface area (Å²) in [6.07, 6.45) is 6.51. The van der Waals surface area contributed by atoms with E-state index in [0.717, 1.165) is 22.3 Å². The van der Waals surface area contributed by atoms with E-state index in [1.807, 2.05) is 73.7 Å². The lowest BCUT2D eigenvalue weighted by atomic mass is 9.84. The molecule has 4 heteroatoms. The minimum atomic E-state index is -0.876. The largest absolute Gasteiger partial charge is 0.481 e. The van der Waals surface area contributed by atoms with E-state index in [0.29, 0.717) is 0 Å². The van der Waals surface area contributed by atoms with Crippen molar-refractivity contribution >= 4 is 11.9 Å². The van der Waals surface area contributed by atoms with Crippen LogP contribution in [0.5, 0.6) is 0 Å². The molecule has 1 N–H and O–H groups in total. The Morgan fingerprint density at radius 2 is 1.96 bits per heavy atom. The summed E-state index contributed by atoms with van der Waals surface area (Å²) in [6.45, 7) is 1.88. The van der Waals surface area contributed by atoms with Crippen LogP contribution in [-0.2, 0) is 20.7 Å². The third-order valence-electron chi connectivity index (χ3n) is 4.34. The number of ether oxygens (including phenoxy) is 1. The molecule has 0 saturated carbocycles. The third kappa shape index (κ3) is 3.91. The van der Waals surface area contributed by atoms with E-state index >= 15 is 0 Å². The van der Waals surface area contributed by atoms with Crippen molar-refractivity contribution in [3.8, 4) is 11.1 Å². The molecule has 26 heavy (non-hydrogen) atoms. The van der Waals surface area contributed by atoms with Crippen LogP contribution in [0.25, 0.3) is 11.1 Å². The van der Waals surface area contributed by atoms with Crippen LogP contribution in [0.2, 0.25) is 0 Å². The van der Waals surface area contributed by atoms with E-state index in [2.05, 4.69) is 0 Å². The SMILES string of the molecule is C/C=C/[C@@H]1OC(=O)C=C[C@H]1c1cc(CC(=O)O)ccc1-c1ccccc1. The van der Waals surface area contributed by atoms with Gasteiger partial charge in [-0.1, -0.05) is 60.7 Å². The van der Waals surface area contributed by atoms with Crippen molar-refractivity contribution in [3.05, 3.63) is 84.0 Å². The molecule has 0 bridgehead atoms. The molecule has 2 aromatic rings. The number of hydrogen-bond donors (Lipinski definition) is 1. The van der Waals surface area contributed by atoms with Gasteiger partial charge in [-0.3, -0.25) is 4.79 Å². The van der Waals surface area contributed by atoms with Gasteiger partial charge in [-0.05, 0) is 35.3 Å². The van der Waals surface area contributed by atoms with Crippen LogP contribution < -0.4 is 0 Å². The number of esters is 1. The molecule has 0 amide bonds. The van der Waals surface area contributed by atoms with Gasteiger partial charge in [0.15, 0.2) is 0 Å². The van der Waals surface area contributed by atoms with E-state index in [9.17, 15) is 9.59 Å². The molecule has 132 valence electrons. The van der Waals surface area contributed by atoms with Crippen molar-refractivity contribution in [3.63, 3.8) is 0 Å². The van der Waals surface area contributed by atoms with Crippen molar-refractivity contribution in [1.82, 2.24) is 0 Å². The standard InChI is InChI=1S/C22H20O4/c1-2-6-20-18(11-12-22(25)26-20)19-13-15(14-21(23)24)9-10-17(19)16-7-4-3-5-8-16/h2-13,18,20H,14H2,1H3,(H,23,24)/b6-2+/t18-,20-/m0/s1. The number of aliphatic carboxylic acids is 1. The van der Waals surface area contributed by atoms with Gasteiger partial charge in [-0.2, -0.15) is 0 Å². The molecule has 1 aliphatic heterocycles. The Balaban J connectivity index is 2.13. The number of carbonyl (C=O) groups is 2. The Morgan fingerprint density at radius 1 is 1.19 bits per heavy atom. The van der Waals surface area contributed by atoms with Crippen LogP contribution in [0, 0.1) is 0 Å². The zero-order valence-corrected chi connectivity index (χ0v) is 14.5. The Bertz CT molecular complexity index is 865. The van der Waals surface area contributed by atoms with Crippen LogP contribution >= 0.6 is 0 Å². The summed E-state index contributed by atoms with van der Waals surface area (Å²) in [6, 6.07) is 15.6. The predicted octanol–water partition coefficient (Wildman–Crippen LogP) is 4.12. The fourth-order valence-corrected chi connectivity index (χ4v) is 3.22. The second kappa shape index (κ2) is 7.83. The highest BCUT2D eigenvalue weighted by molar-refractivity contribution is 5.84. The number of carboxylic acids is 1. The van der Waals surface area contributed by atoms with Crippen molar-refractivity contribution in [2.45, 2.75) is 25.4 Å². The van der Waals surface area contributed by atoms with Gasteiger partial charge in [0.2, 0.25) is 0 Å². The average molecular weight is 348 g/mol. The lowest BCUT2D eigenvalue weighted by molar-refractivity contribution is -0.142. The number of rotatable bonds is 5. The number of allylic oxidation sites excluding steroid dienone is 1. The zero-order valence-electron chi connectivity index (χ0n) is 14.5. The van der Waals surface area contributed by atoms with Gasteiger partial charge in [0.1, 0.15) is 6.10 Å². The maximum atomic E-state index is 11.7. The summed E-state index contributed by atoms with van der Waals surface area (Å²) in [5.41, 5.74) is 3.70. The maximum absolute atomic E-state index is 11.7. The van der Waals surface area contributed by atoms with E-state index in [1.54, 1.807) is 0 Å². The van der Waals surface area contributed by atoms with Gasteiger partial charge in [0.25, 0.3) is 0 Å². The quantitative estimate of drug-likeness (QED) is 0.652. The molecule has 1 heterocycles. The fraction of sp³-hybridized carbons (Fsp3) is 0.182. The average Bonchev–Trinajstić information content (AvgIpc) is 2.62. The summed E-state index contributed by atoms with van der Waals surface area (Å²) in [4.78, 5) is 22.8. The third-order valence-corrected chi connectivity index (χ3v) is 4.34. The second-order valence-corrected chi connectivity index (χ2v) is 6.17. The Kier molecular flexibility index (Phi) is 5.32. The van der Waals surface area contributed by atoms with Crippen LogP contribution in [0.4, 0.5) is 0 Å². The van der Waals surface area contributed by atoms with Gasteiger partial charge in [-0.15, -0.1) is 0 Å². The molecule has 0 spiro atoms. The molecular formula is C22H20O4. The first kappa shape index (κ1) is 17.7. The Labute approximate surface area is 152 Å². The number of carbonyl (C=O) groups excluding carboxylic acids is 1. The Hall–Kier alpha value is -3.14. The number of hydrogen-bond acceptors (Lipinski definition) is 3. The van der Waals surface area contributed by atoms with Crippen molar-refractivity contribution < 1.29 is 19.4 Å². The van der Waals surface area contributed by atoms with Gasteiger partial charge < -0.3 is 9.84 Å². The van der Waals surface area contributed by atoms with Crippen molar-refractivity contribution in [2.24, 2.45) is 0 Å². The minimum Gasteiger partial charge on any atom is -0.481 e. The van der Waals surface area contributed by atoms with Gasteiger partial charge in [0.05, 0.1) is 6.42 Å². The highest BCUT2D eigenvalue weighted by atomic mass is 16.5. The summed E-state index contributed by atoms with van der Waals surface area (Å²) < 4.78 is 5.48. The molecule has 2 aromatic carbocycles. The summed E-state index contributed by atoms with van der Waals surface area (Å²) in [5.74, 6) is -1.42. The zero-order chi connectivity index (χ0) is 18.5. The molecule has 1 aliphatic rings. The molecule has 4 nitrogen and oxygen atoms in total. The topological polar surface area (TPSA) is 63.6 Å². The minimum absolute atomic E-state index is 0.0490. The lowest BCUT2D eigenvalue weighted by Gasteiger charge is -2.27. The second-order valence-electron chi connectivity index (χ2n) is 6.17. The molecule has 0 aliphatic carbocycles. The van der Waals surface area contributed by atoms with Gasteiger partial charge in [0, 0.05) is 12.0 Å². The fourth-order valence-electron chi connectivity index (χ4n) is 3.22. The van der Waals surface area contributed by atoms with Gasteiger partial charge >= 0.3 is 11.9 Å². The van der Waals surface area contributed by atoms with Crippen LogP contribution in [-0.4, -0.2) is 23.1 Å². The maximum Gasteiger partial charge on any atom is 0.331 e. The molecule has 0 fully saturated rings. The normalized spacial score (nSPS) is 19.5. The van der Waals surface area contributed by atoms with Crippen LogP contribution in [0.1, 0.15) is 24.0 Å². The summed E-state index contributed by atoms with van der Waals surface area (Å²) in [7, 11) is 0. The van der Waals surface area contributed by atoms with E-state index in [4.69, 9.17) is 9.84 Å². The predicted molar refractivity (Wildman–Crippen MR) is 99.8 cm³/mol. The highest BCUT2D eigenvalue weighted by Gasteiger charge is 2.28. The molecule has 0 aromatic heterocycles. The Morgan fingerprint density at radius 3 is 2.65 bits per heavy atom. The first-order valence-electron chi connectivity index (χ1n) is 8.50. The number of benzene rings is 2. The molecule has 3 rings (SSSR count). The first-order chi connectivity index (χ1) is 12.6. The summed E-state index contributed by atoms with van der Waals surface area (Å²) >= 11 is 0. The first-order valence-corrected chi connectivity index (χ1v) is 8.50. The smallest absolute Gasteiger partial charge is 0.331 e. The van der Waals surface area contributed by atoms with Gasteiger partial charge in [-0.25, -0.2) is 4.79 Å². The van der Waals surface area contributed by atoms with Crippen LogP contribution in [0.15, 0.2) is 72.8 Å². The molecule has 0 unspecified atom stereocenters. The van der Waals surface area contributed by atoms with E-state index in [-0.39, 0.29) is 18.3 Å². The molecular weight excluding hydrogens is 328 g/mol. The molecule has 2 atom stereocenters. The van der Waals surface area contributed by atoms with Crippen LogP contribution in [0.3, 0.4) is 0 Å². The number of carboxylic acid groups (broad SMARTS) is 1. The van der Waals surface area contributed by atoms with E-state index < -0.39 is 12.1 Å². The lowest BCUT2D eigenvalue weighted by Crippen LogP contribution is -2.26.